The van der Waals surface area contributed by atoms with E-state index in [2.05, 4.69) is 31.0 Å². The van der Waals surface area contributed by atoms with Crippen molar-refractivity contribution >= 4 is 23.4 Å². The minimum atomic E-state index is -0.962. The summed E-state index contributed by atoms with van der Waals surface area (Å²) in [5.41, 5.74) is 4.22. The Bertz CT molecular complexity index is 614. The normalized spacial score (nSPS) is 11.0. The van der Waals surface area contributed by atoms with E-state index in [-0.39, 0.29) is 0 Å². The van der Waals surface area contributed by atoms with Gasteiger partial charge in [-0.15, -0.1) is 11.3 Å². The maximum absolute atomic E-state index is 10.4. The van der Waals surface area contributed by atoms with Crippen LogP contribution in [0.4, 0.5) is 0 Å². The number of hydrogen-bond acceptors (Lipinski definition) is 3. The molecule has 0 bridgehead atoms. The van der Waals surface area contributed by atoms with Gasteiger partial charge in [-0.1, -0.05) is 12.1 Å². The topological polar surface area (TPSA) is 50.2 Å². The molecular formula is C14H13NO2S. The summed E-state index contributed by atoms with van der Waals surface area (Å²) in [7, 11) is 0. The third-order valence-electron chi connectivity index (χ3n) is 2.67. The zero-order valence-corrected chi connectivity index (χ0v) is 11.0. The Labute approximate surface area is 109 Å². The van der Waals surface area contributed by atoms with E-state index in [4.69, 9.17) is 5.11 Å². The highest BCUT2D eigenvalue weighted by Gasteiger charge is 2.04. The number of nitrogens with zero attached hydrogens (tertiary/aromatic N) is 1. The second-order valence-corrected chi connectivity index (χ2v) is 4.91. The molecule has 18 heavy (non-hydrogen) atoms. The van der Waals surface area contributed by atoms with Crippen LogP contribution in [0.1, 0.15) is 16.8 Å². The van der Waals surface area contributed by atoms with E-state index < -0.39 is 5.97 Å². The number of rotatable bonds is 3. The minimum Gasteiger partial charge on any atom is -0.478 e. The maximum atomic E-state index is 10.4. The summed E-state index contributed by atoms with van der Waals surface area (Å²) >= 11 is 1.51. The van der Waals surface area contributed by atoms with Gasteiger partial charge in [0.25, 0.3) is 0 Å². The van der Waals surface area contributed by atoms with Crippen molar-refractivity contribution in [2.45, 2.75) is 13.8 Å². The zero-order valence-electron chi connectivity index (χ0n) is 10.2. The highest BCUT2D eigenvalue weighted by Crippen LogP contribution is 2.26. The Kier molecular flexibility index (Phi) is 3.58. The predicted octanol–water partition coefficient (Wildman–Crippen LogP) is 3.52. The summed E-state index contributed by atoms with van der Waals surface area (Å²) in [6.07, 6.45) is 2.60. The molecule has 0 spiro atoms. The molecule has 2 aromatic rings. The van der Waals surface area contributed by atoms with E-state index in [0.717, 1.165) is 16.6 Å². The van der Waals surface area contributed by atoms with Gasteiger partial charge < -0.3 is 5.11 Å². The molecule has 0 aliphatic heterocycles. The van der Waals surface area contributed by atoms with E-state index in [9.17, 15) is 4.79 Å². The van der Waals surface area contributed by atoms with Crippen molar-refractivity contribution in [3.63, 3.8) is 0 Å². The number of carbonyl (C=O) groups is 1. The monoisotopic (exact) mass is 259 g/mol. The Hall–Kier alpha value is -1.94. The molecule has 1 aromatic heterocycles. The number of thiazole rings is 1. The van der Waals surface area contributed by atoms with Gasteiger partial charge in [0.05, 0.1) is 5.69 Å². The summed E-state index contributed by atoms with van der Waals surface area (Å²) in [4.78, 5) is 14.8. The summed E-state index contributed by atoms with van der Waals surface area (Å²) in [5.74, 6) is -0.962. The minimum absolute atomic E-state index is 0.677. The van der Waals surface area contributed by atoms with Crippen LogP contribution < -0.4 is 0 Å². The quantitative estimate of drug-likeness (QED) is 0.858. The smallest absolute Gasteiger partial charge is 0.328 e. The number of carboxylic acids is 1. The summed E-state index contributed by atoms with van der Waals surface area (Å²) < 4.78 is 0. The van der Waals surface area contributed by atoms with Gasteiger partial charge in [0, 0.05) is 17.0 Å². The molecule has 0 unspecified atom stereocenters. The molecule has 0 fully saturated rings. The second kappa shape index (κ2) is 5.14. The van der Waals surface area contributed by atoms with Crippen LogP contribution in [0, 0.1) is 13.8 Å². The van der Waals surface area contributed by atoms with Crippen molar-refractivity contribution in [1.29, 1.82) is 0 Å². The maximum Gasteiger partial charge on any atom is 0.328 e. The predicted molar refractivity (Wildman–Crippen MR) is 73.7 cm³/mol. The molecule has 0 saturated heterocycles. The first-order chi connectivity index (χ1) is 8.56. The van der Waals surface area contributed by atoms with Gasteiger partial charge in [-0.2, -0.15) is 0 Å². The fourth-order valence-corrected chi connectivity index (χ4v) is 2.31. The molecule has 4 heteroatoms. The summed E-state index contributed by atoms with van der Waals surface area (Å²) in [6, 6.07) is 6.20. The van der Waals surface area contributed by atoms with E-state index in [0.29, 0.717) is 5.69 Å². The number of hydrogen-bond donors (Lipinski definition) is 1. The lowest BCUT2D eigenvalue weighted by Crippen LogP contribution is -1.86. The summed E-state index contributed by atoms with van der Waals surface area (Å²) in [6.45, 7) is 4.14. The Morgan fingerprint density at radius 3 is 2.78 bits per heavy atom. The second-order valence-electron chi connectivity index (χ2n) is 4.05. The molecule has 1 heterocycles. The van der Waals surface area contributed by atoms with Crippen LogP contribution in [-0.2, 0) is 4.79 Å². The van der Waals surface area contributed by atoms with Gasteiger partial charge in [-0.3, -0.25) is 0 Å². The van der Waals surface area contributed by atoms with Gasteiger partial charge in [0.15, 0.2) is 0 Å². The van der Waals surface area contributed by atoms with Crippen LogP contribution in [0.2, 0.25) is 0 Å². The van der Waals surface area contributed by atoms with Crippen molar-refractivity contribution < 1.29 is 9.90 Å². The Morgan fingerprint density at radius 1 is 1.33 bits per heavy atom. The van der Waals surface area contributed by atoms with Crippen LogP contribution in [0.5, 0.6) is 0 Å². The average Bonchev–Trinajstić information content (AvgIpc) is 2.79. The van der Waals surface area contributed by atoms with Crippen LogP contribution >= 0.6 is 11.3 Å². The van der Waals surface area contributed by atoms with Crippen molar-refractivity contribution in [2.75, 3.05) is 0 Å². The molecule has 3 nitrogen and oxygen atoms in total. The highest BCUT2D eigenvalue weighted by atomic mass is 32.1. The molecule has 92 valence electrons. The van der Waals surface area contributed by atoms with Crippen molar-refractivity contribution in [3.8, 4) is 10.6 Å². The number of benzene rings is 1. The lowest BCUT2D eigenvalue weighted by molar-refractivity contribution is -0.131. The largest absolute Gasteiger partial charge is 0.478 e. The molecule has 0 radical (unpaired) electrons. The zero-order chi connectivity index (χ0) is 13.1. The Balaban J connectivity index is 2.29. The first-order valence-corrected chi connectivity index (χ1v) is 6.38. The number of carboxylic acid groups (broad SMARTS) is 1. The van der Waals surface area contributed by atoms with Gasteiger partial charge in [0.2, 0.25) is 0 Å². The molecular weight excluding hydrogens is 246 g/mol. The average molecular weight is 259 g/mol. The van der Waals surface area contributed by atoms with Crippen molar-refractivity contribution in [1.82, 2.24) is 4.98 Å². The molecule has 2 rings (SSSR count). The first-order valence-electron chi connectivity index (χ1n) is 5.50. The Morgan fingerprint density at radius 2 is 2.11 bits per heavy atom. The fourth-order valence-electron chi connectivity index (χ4n) is 1.53. The molecule has 0 aliphatic rings. The lowest BCUT2D eigenvalue weighted by atomic mass is 10.1. The third kappa shape index (κ3) is 2.84. The van der Waals surface area contributed by atoms with E-state index >= 15 is 0 Å². The van der Waals surface area contributed by atoms with E-state index in [1.54, 1.807) is 0 Å². The molecule has 0 aliphatic carbocycles. The third-order valence-corrected chi connectivity index (χ3v) is 3.58. The first kappa shape index (κ1) is 12.5. The van der Waals surface area contributed by atoms with Crippen molar-refractivity contribution in [3.05, 3.63) is 46.5 Å². The molecule has 0 atom stereocenters. The molecule has 0 saturated carbocycles. The standard InChI is InChI=1S/C14H13NO2S/c1-9-3-4-11(7-10(9)2)14-15-12(8-18-14)5-6-13(16)17/h3-8H,1-2H3,(H,16,17)/b6-5+. The van der Waals surface area contributed by atoms with Crippen LogP contribution in [0.3, 0.4) is 0 Å². The fraction of sp³-hybridized carbons (Fsp3) is 0.143. The van der Waals surface area contributed by atoms with Crippen LogP contribution in [0.15, 0.2) is 29.7 Å². The highest BCUT2D eigenvalue weighted by molar-refractivity contribution is 7.13. The van der Waals surface area contributed by atoms with E-state index in [1.807, 2.05) is 11.4 Å². The SMILES string of the molecule is Cc1ccc(-c2nc(/C=C/C(=O)O)cs2)cc1C. The number of aryl methyl sites for hydroxylation is 2. The molecule has 0 amide bonds. The van der Waals surface area contributed by atoms with Gasteiger partial charge in [0.1, 0.15) is 5.01 Å². The van der Waals surface area contributed by atoms with Crippen LogP contribution in [-0.4, -0.2) is 16.1 Å². The van der Waals surface area contributed by atoms with Gasteiger partial charge in [-0.05, 0) is 37.1 Å². The van der Waals surface area contributed by atoms with Gasteiger partial charge in [-0.25, -0.2) is 9.78 Å². The summed E-state index contributed by atoms with van der Waals surface area (Å²) in [5, 5.41) is 11.3. The lowest BCUT2D eigenvalue weighted by Gasteiger charge is -2.01. The molecule has 1 N–H and O–H groups in total. The number of aromatic nitrogens is 1. The van der Waals surface area contributed by atoms with Crippen LogP contribution in [0.25, 0.3) is 16.6 Å². The number of aliphatic carboxylic acids is 1. The van der Waals surface area contributed by atoms with Crippen molar-refractivity contribution in [2.24, 2.45) is 0 Å². The molecule has 1 aromatic carbocycles. The van der Waals surface area contributed by atoms with Gasteiger partial charge >= 0.3 is 5.97 Å². The van der Waals surface area contributed by atoms with E-state index in [1.165, 1.54) is 28.5 Å².